The summed E-state index contributed by atoms with van der Waals surface area (Å²) in [6.07, 6.45) is 0. The Labute approximate surface area is 115 Å². The molecule has 4 nitrogen and oxygen atoms in total. The van der Waals surface area contributed by atoms with Gasteiger partial charge in [0.15, 0.2) is 0 Å². The van der Waals surface area contributed by atoms with E-state index in [0.29, 0.717) is 0 Å². The van der Waals surface area contributed by atoms with Gasteiger partial charge in [0.1, 0.15) is 0 Å². The van der Waals surface area contributed by atoms with E-state index in [1.54, 1.807) is 0 Å². The Morgan fingerprint density at radius 1 is 1.33 bits per heavy atom. The third-order valence-electron chi connectivity index (χ3n) is 0.640. The first-order valence-corrected chi connectivity index (χ1v) is 2.79. The second-order valence-electron chi connectivity index (χ2n) is 1.12. The normalized spacial score (nSPS) is 15.3. The van der Waals surface area contributed by atoms with Crippen LogP contribution in [0.15, 0.2) is 0 Å². The van der Waals surface area contributed by atoms with Gasteiger partial charge in [-0.3, -0.25) is 0 Å². The average molecular weight is 231 g/mol. The Morgan fingerprint density at radius 2 is 1.67 bits per heavy atom. The van der Waals surface area contributed by atoms with Gasteiger partial charge in [-0.05, 0) is 13.7 Å². The maximum Gasteiger partial charge on any atom is 1.00 e. The van der Waals surface area contributed by atoms with Crippen LogP contribution in [0.25, 0.3) is 0 Å². The van der Waals surface area contributed by atoms with Crippen molar-refractivity contribution in [2.24, 2.45) is 0 Å². The molecule has 0 bridgehead atoms. The third kappa shape index (κ3) is 13.6. The molecule has 0 amide bonds. The standard InChI is InChI=1S/C5H11NS2.Na.3H2O/c1-3-6(4-2)5(7)8;;;;/h3-4H2,1-2H3,(H,7,8);;3*1H2/q;+1;;;/p-1/i1D3,2D3;;;;. The zero-order valence-electron chi connectivity index (χ0n) is 12.7. The molecule has 0 aliphatic carbocycles. The van der Waals surface area contributed by atoms with Gasteiger partial charge in [-0.2, -0.15) is 0 Å². The van der Waals surface area contributed by atoms with Gasteiger partial charge in [-0.15, -0.1) is 0 Å². The molecular weight excluding hydrogens is 209 g/mol. The number of hydrogen-bond acceptors (Lipinski definition) is 2. The Hall–Kier alpha value is 0.990. The second kappa shape index (κ2) is 17.9. The molecule has 6 N–H and O–H groups in total. The molecule has 0 aliphatic heterocycles. The van der Waals surface area contributed by atoms with Crippen LogP contribution in [0.1, 0.15) is 21.9 Å². The summed E-state index contributed by atoms with van der Waals surface area (Å²) in [6, 6.07) is 0. The van der Waals surface area contributed by atoms with Crippen molar-refractivity contribution in [3.05, 3.63) is 0 Å². The predicted molar refractivity (Wildman–Crippen MR) is 53.7 cm³/mol. The minimum absolute atomic E-state index is 0. The minimum atomic E-state index is -2.26. The molecule has 0 spiro atoms. The summed E-state index contributed by atoms with van der Waals surface area (Å²) >= 11 is 9.19. The van der Waals surface area contributed by atoms with Gasteiger partial charge in [-0.25, -0.2) is 0 Å². The molecule has 0 aromatic heterocycles. The summed E-state index contributed by atoms with van der Waals surface area (Å²) in [7, 11) is 0. The zero-order chi connectivity index (χ0) is 11.6. The van der Waals surface area contributed by atoms with E-state index in [-0.39, 0.29) is 50.3 Å². The molecule has 0 aromatic carbocycles. The first kappa shape index (κ1) is 9.54. The second-order valence-corrected chi connectivity index (χ2v) is 2.15. The molecule has 72 valence electrons. The van der Waals surface area contributed by atoms with Crippen LogP contribution in [0.4, 0.5) is 0 Å². The fourth-order valence-corrected chi connectivity index (χ4v) is 0.443. The van der Waals surface area contributed by atoms with E-state index in [4.69, 9.17) is 8.22 Å². The van der Waals surface area contributed by atoms with Crippen molar-refractivity contribution in [2.75, 3.05) is 13.1 Å². The van der Waals surface area contributed by atoms with E-state index in [1.165, 1.54) is 0 Å². The topological polar surface area (TPSA) is 97.7 Å². The predicted octanol–water partition coefficient (Wildman–Crippen LogP) is -4.31. The molecule has 0 atom stereocenters. The van der Waals surface area contributed by atoms with Crippen LogP contribution in [-0.4, -0.2) is 38.7 Å². The summed E-state index contributed by atoms with van der Waals surface area (Å²) in [6.45, 7) is -5.36. The van der Waals surface area contributed by atoms with Crippen LogP contribution in [0.5, 0.6) is 0 Å². The third-order valence-corrected chi connectivity index (χ3v) is 1.16. The molecular formula is C5H16NNaO3S2. The SMILES string of the molecule is O.O.O.[2H]C([2H])([2H])CN(CC([2H])([2H])[2H])C(=S)[S-].[Na+]. The summed E-state index contributed by atoms with van der Waals surface area (Å²) < 4.78 is 41.7. The van der Waals surface area contributed by atoms with Gasteiger partial charge in [0.25, 0.3) is 0 Å². The van der Waals surface area contributed by atoms with Crippen molar-refractivity contribution in [3.8, 4) is 0 Å². The Kier molecular flexibility index (Phi) is 14.2. The molecule has 0 aromatic rings. The van der Waals surface area contributed by atoms with Crippen molar-refractivity contribution < 1.29 is 54.2 Å². The quantitative estimate of drug-likeness (QED) is 0.273. The number of hydrogen-bond donors (Lipinski definition) is 0. The monoisotopic (exact) mass is 231 g/mol. The Bertz CT molecular complexity index is 210. The van der Waals surface area contributed by atoms with E-state index >= 15 is 0 Å². The van der Waals surface area contributed by atoms with Gasteiger partial charge in [-0.1, -0.05) is 4.32 Å². The Balaban J connectivity index is -0.000000141. The van der Waals surface area contributed by atoms with Crippen molar-refractivity contribution in [1.82, 2.24) is 4.90 Å². The van der Waals surface area contributed by atoms with Gasteiger partial charge in [0.05, 0.1) is 0 Å². The van der Waals surface area contributed by atoms with Crippen molar-refractivity contribution >= 4 is 29.2 Å². The molecule has 0 unspecified atom stereocenters. The smallest absolute Gasteiger partial charge is 0.412 e. The number of thiocarbonyl (C=S) groups is 1. The molecule has 12 heavy (non-hydrogen) atoms. The van der Waals surface area contributed by atoms with Crippen LogP contribution in [-0.2, 0) is 12.6 Å². The molecule has 0 radical (unpaired) electrons. The summed E-state index contributed by atoms with van der Waals surface area (Å²) in [5.74, 6) is 0. The molecule has 0 heterocycles. The van der Waals surface area contributed by atoms with Gasteiger partial charge < -0.3 is 46.2 Å². The molecule has 0 saturated carbocycles. The number of nitrogens with zero attached hydrogens (tertiary/aromatic N) is 1. The molecule has 7 heteroatoms. The first-order chi connectivity index (χ1) is 6.01. The van der Waals surface area contributed by atoms with Gasteiger partial charge in [0.2, 0.25) is 0 Å². The summed E-state index contributed by atoms with van der Waals surface area (Å²) in [5, 5.41) is 0. The molecule has 0 rings (SSSR count). The zero-order valence-corrected chi connectivity index (χ0v) is 10.3. The maximum atomic E-state index is 6.97. The molecule has 0 aliphatic rings. The number of rotatable bonds is 2. The van der Waals surface area contributed by atoms with E-state index in [0.717, 1.165) is 4.90 Å². The van der Waals surface area contributed by atoms with Gasteiger partial charge >= 0.3 is 29.6 Å². The van der Waals surface area contributed by atoms with Crippen LogP contribution in [0.3, 0.4) is 0 Å². The van der Waals surface area contributed by atoms with E-state index in [2.05, 4.69) is 24.8 Å². The van der Waals surface area contributed by atoms with Crippen LogP contribution < -0.4 is 29.6 Å². The molecule has 0 fully saturated rings. The fourth-order valence-electron chi connectivity index (χ4n) is 0.185. The Morgan fingerprint density at radius 3 is 1.83 bits per heavy atom. The average Bonchev–Trinajstić information content (AvgIpc) is 1.78. The van der Waals surface area contributed by atoms with Gasteiger partial charge in [0, 0.05) is 21.3 Å². The van der Waals surface area contributed by atoms with Crippen molar-refractivity contribution in [1.29, 1.82) is 0 Å². The van der Waals surface area contributed by atoms with Crippen molar-refractivity contribution in [3.63, 3.8) is 0 Å². The summed E-state index contributed by atoms with van der Waals surface area (Å²) in [4.78, 5) is 1.00. The van der Waals surface area contributed by atoms with Crippen LogP contribution in [0.2, 0.25) is 0 Å². The maximum absolute atomic E-state index is 6.97. The van der Waals surface area contributed by atoms with Crippen LogP contribution in [0, 0.1) is 0 Å². The first-order valence-electron chi connectivity index (χ1n) is 4.97. The van der Waals surface area contributed by atoms with Crippen molar-refractivity contribution in [2.45, 2.75) is 13.7 Å². The largest absolute Gasteiger partial charge is 1.00 e. The minimum Gasteiger partial charge on any atom is -0.412 e. The van der Waals surface area contributed by atoms with Crippen LogP contribution >= 0.6 is 12.2 Å². The summed E-state index contributed by atoms with van der Waals surface area (Å²) in [5.41, 5.74) is 0. The molecule has 0 saturated heterocycles. The fraction of sp³-hybridized carbons (Fsp3) is 0.800. The van der Waals surface area contributed by atoms with E-state index in [9.17, 15) is 0 Å². The van der Waals surface area contributed by atoms with E-state index in [1.807, 2.05) is 0 Å². The van der Waals surface area contributed by atoms with E-state index < -0.39 is 26.8 Å².